The molecule has 0 fully saturated rings. The van der Waals surface area contributed by atoms with E-state index < -0.39 is 11.9 Å². The van der Waals surface area contributed by atoms with Crippen LogP contribution in [0.25, 0.3) is 0 Å². The first kappa shape index (κ1) is 17.6. The molecular formula is C18H21NO5. The number of rotatable bonds is 7. The molecule has 0 aliphatic carbocycles. The van der Waals surface area contributed by atoms with Crippen LogP contribution in [0.2, 0.25) is 0 Å². The normalized spacial score (nSPS) is 11.8. The van der Waals surface area contributed by atoms with Gasteiger partial charge in [-0.15, -0.1) is 0 Å². The van der Waals surface area contributed by atoms with Gasteiger partial charge in [0.2, 0.25) is 0 Å². The molecule has 1 aromatic heterocycles. The highest BCUT2D eigenvalue weighted by atomic mass is 16.5. The molecule has 2 rings (SSSR count). The van der Waals surface area contributed by atoms with Crippen molar-refractivity contribution in [1.82, 2.24) is 5.32 Å². The molecule has 0 aliphatic heterocycles. The molecule has 128 valence electrons. The number of hydrogen-bond acceptors (Lipinski definition) is 4. The number of hydrogen-bond donors (Lipinski definition) is 2. The fourth-order valence-electron chi connectivity index (χ4n) is 2.20. The third-order valence-corrected chi connectivity index (χ3v) is 3.49. The second-order valence-corrected chi connectivity index (χ2v) is 5.56. The van der Waals surface area contributed by atoms with Gasteiger partial charge in [0.15, 0.2) is 5.76 Å². The maximum absolute atomic E-state index is 12.1. The Hall–Kier alpha value is -2.76. The van der Waals surface area contributed by atoms with Crippen molar-refractivity contribution in [2.24, 2.45) is 0 Å². The zero-order valence-electron chi connectivity index (χ0n) is 14.0. The van der Waals surface area contributed by atoms with Gasteiger partial charge in [-0.25, -0.2) is 4.79 Å². The minimum absolute atomic E-state index is 0.00761. The monoisotopic (exact) mass is 331 g/mol. The number of ether oxygens (including phenoxy) is 1. The van der Waals surface area contributed by atoms with Crippen molar-refractivity contribution in [2.45, 2.75) is 33.3 Å². The zero-order valence-corrected chi connectivity index (χ0v) is 14.0. The summed E-state index contributed by atoms with van der Waals surface area (Å²) in [4.78, 5) is 23.2. The van der Waals surface area contributed by atoms with Crippen LogP contribution in [0.3, 0.4) is 0 Å². The molecule has 1 heterocycles. The van der Waals surface area contributed by atoms with Gasteiger partial charge in [0.25, 0.3) is 5.91 Å². The van der Waals surface area contributed by atoms with Crippen LogP contribution in [-0.2, 0) is 6.42 Å². The van der Waals surface area contributed by atoms with Crippen LogP contribution in [0.15, 0.2) is 34.7 Å². The number of nitrogens with one attached hydrogen (secondary N) is 1. The molecule has 1 amide bonds. The van der Waals surface area contributed by atoms with Crippen LogP contribution in [0.4, 0.5) is 0 Å². The standard InChI is InChI=1S/C18H21NO5/c1-4-15-14(18(21)22)9-16(24-15)17(20)19-10-12(3)23-13-7-5-11(2)6-8-13/h5-9,12H,4,10H2,1-3H3,(H,19,20)(H,21,22). The number of aryl methyl sites for hydroxylation is 2. The lowest BCUT2D eigenvalue weighted by Gasteiger charge is -2.15. The van der Waals surface area contributed by atoms with E-state index in [-0.39, 0.29) is 29.7 Å². The van der Waals surface area contributed by atoms with Gasteiger partial charge < -0.3 is 19.6 Å². The number of benzene rings is 1. The van der Waals surface area contributed by atoms with Crippen molar-refractivity contribution in [1.29, 1.82) is 0 Å². The summed E-state index contributed by atoms with van der Waals surface area (Å²) in [7, 11) is 0. The Morgan fingerprint density at radius 1 is 1.29 bits per heavy atom. The van der Waals surface area contributed by atoms with E-state index in [4.69, 9.17) is 14.3 Å². The first-order chi connectivity index (χ1) is 11.4. The molecule has 0 radical (unpaired) electrons. The van der Waals surface area contributed by atoms with Crippen molar-refractivity contribution in [3.63, 3.8) is 0 Å². The molecule has 6 nitrogen and oxygen atoms in total. The van der Waals surface area contributed by atoms with Gasteiger partial charge in [-0.05, 0) is 26.0 Å². The van der Waals surface area contributed by atoms with Crippen LogP contribution in [0, 0.1) is 6.92 Å². The number of carbonyl (C=O) groups is 2. The number of carbonyl (C=O) groups excluding carboxylic acids is 1. The Labute approximate surface area is 140 Å². The summed E-state index contributed by atoms with van der Waals surface area (Å²) in [5.74, 6) is -0.563. The highest BCUT2D eigenvalue weighted by molar-refractivity contribution is 5.96. The average molecular weight is 331 g/mol. The second-order valence-electron chi connectivity index (χ2n) is 5.56. The molecule has 24 heavy (non-hydrogen) atoms. The zero-order chi connectivity index (χ0) is 17.7. The van der Waals surface area contributed by atoms with Crippen molar-refractivity contribution in [2.75, 3.05) is 6.54 Å². The van der Waals surface area contributed by atoms with Gasteiger partial charge in [-0.1, -0.05) is 24.6 Å². The summed E-state index contributed by atoms with van der Waals surface area (Å²) in [6.07, 6.45) is 0.165. The smallest absolute Gasteiger partial charge is 0.339 e. The van der Waals surface area contributed by atoms with E-state index in [2.05, 4.69) is 5.32 Å². The summed E-state index contributed by atoms with van der Waals surface area (Å²) in [5, 5.41) is 11.8. The molecule has 6 heteroatoms. The molecule has 0 saturated carbocycles. The fourth-order valence-corrected chi connectivity index (χ4v) is 2.20. The Balaban J connectivity index is 1.92. The quantitative estimate of drug-likeness (QED) is 0.814. The average Bonchev–Trinajstić information content (AvgIpc) is 2.99. The number of carboxylic acids is 1. The molecule has 1 atom stereocenters. The minimum Gasteiger partial charge on any atom is -0.489 e. The molecular weight excluding hydrogens is 310 g/mol. The van der Waals surface area contributed by atoms with Crippen molar-refractivity contribution in [3.8, 4) is 5.75 Å². The molecule has 0 spiro atoms. The molecule has 2 aromatic rings. The van der Waals surface area contributed by atoms with Gasteiger partial charge in [-0.2, -0.15) is 0 Å². The fraction of sp³-hybridized carbons (Fsp3) is 0.333. The lowest BCUT2D eigenvalue weighted by atomic mass is 10.2. The maximum atomic E-state index is 12.1. The topological polar surface area (TPSA) is 88.8 Å². The summed E-state index contributed by atoms with van der Waals surface area (Å²) < 4.78 is 11.0. The van der Waals surface area contributed by atoms with Crippen molar-refractivity contribution >= 4 is 11.9 Å². The van der Waals surface area contributed by atoms with Crippen molar-refractivity contribution in [3.05, 3.63) is 53.0 Å². The maximum Gasteiger partial charge on any atom is 0.339 e. The highest BCUT2D eigenvalue weighted by Gasteiger charge is 2.20. The predicted molar refractivity (Wildman–Crippen MR) is 88.6 cm³/mol. The third-order valence-electron chi connectivity index (χ3n) is 3.49. The molecule has 2 N–H and O–H groups in total. The van der Waals surface area contributed by atoms with E-state index in [1.807, 2.05) is 38.1 Å². The largest absolute Gasteiger partial charge is 0.489 e. The van der Waals surface area contributed by atoms with E-state index in [1.54, 1.807) is 6.92 Å². The molecule has 0 aliphatic rings. The number of furan rings is 1. The Morgan fingerprint density at radius 2 is 1.96 bits per heavy atom. The van der Waals surface area contributed by atoms with Crippen LogP contribution in [-0.4, -0.2) is 29.6 Å². The van der Waals surface area contributed by atoms with E-state index in [0.29, 0.717) is 6.42 Å². The van der Waals surface area contributed by atoms with Gasteiger partial charge in [0.05, 0.1) is 6.54 Å². The SMILES string of the molecule is CCc1oc(C(=O)NCC(C)Oc2ccc(C)cc2)cc1C(=O)O. The Kier molecular flexibility index (Phi) is 5.63. The number of aromatic carboxylic acids is 1. The van der Waals surface area contributed by atoms with Gasteiger partial charge >= 0.3 is 5.97 Å². The summed E-state index contributed by atoms with van der Waals surface area (Å²) in [6, 6.07) is 8.88. The Bertz CT molecular complexity index is 718. The first-order valence-electron chi connectivity index (χ1n) is 7.78. The third kappa shape index (κ3) is 4.38. The Morgan fingerprint density at radius 3 is 2.50 bits per heavy atom. The minimum atomic E-state index is -1.11. The molecule has 0 bridgehead atoms. The van der Waals surface area contributed by atoms with Crippen LogP contribution in [0.1, 0.15) is 46.1 Å². The van der Waals surface area contributed by atoms with E-state index >= 15 is 0 Å². The summed E-state index contributed by atoms with van der Waals surface area (Å²) in [6.45, 7) is 5.87. The highest BCUT2D eigenvalue weighted by Crippen LogP contribution is 2.17. The number of carboxylic acid groups (broad SMARTS) is 1. The number of amides is 1. The van der Waals surface area contributed by atoms with E-state index in [1.165, 1.54) is 6.07 Å². The van der Waals surface area contributed by atoms with E-state index in [9.17, 15) is 9.59 Å². The van der Waals surface area contributed by atoms with Crippen molar-refractivity contribution < 1.29 is 23.8 Å². The molecule has 1 unspecified atom stereocenters. The van der Waals surface area contributed by atoms with Crippen LogP contribution >= 0.6 is 0 Å². The summed E-state index contributed by atoms with van der Waals surface area (Å²) in [5.41, 5.74) is 1.16. The first-order valence-corrected chi connectivity index (χ1v) is 7.78. The molecule has 0 saturated heterocycles. The second kappa shape index (κ2) is 7.68. The van der Waals surface area contributed by atoms with Gasteiger partial charge in [0.1, 0.15) is 23.2 Å². The van der Waals surface area contributed by atoms with Gasteiger partial charge in [0, 0.05) is 12.5 Å². The van der Waals surface area contributed by atoms with E-state index in [0.717, 1.165) is 11.3 Å². The lowest BCUT2D eigenvalue weighted by Crippen LogP contribution is -2.33. The van der Waals surface area contributed by atoms with Crippen LogP contribution < -0.4 is 10.1 Å². The lowest BCUT2D eigenvalue weighted by molar-refractivity contribution is 0.0694. The van der Waals surface area contributed by atoms with Gasteiger partial charge in [-0.3, -0.25) is 4.79 Å². The van der Waals surface area contributed by atoms with Crippen LogP contribution in [0.5, 0.6) is 5.75 Å². The summed E-state index contributed by atoms with van der Waals surface area (Å²) >= 11 is 0. The molecule has 1 aromatic carbocycles. The predicted octanol–water partition coefficient (Wildman–Crippen LogP) is 3.05.